The molecule has 1 aliphatic rings. The Bertz CT molecular complexity index is 3010. The zero-order valence-corrected chi connectivity index (χ0v) is 28.1. The summed E-state index contributed by atoms with van der Waals surface area (Å²) >= 11 is 1.89. The highest BCUT2D eigenvalue weighted by Gasteiger charge is 2.37. The molecule has 2 aromatic heterocycles. The minimum absolute atomic E-state index is 0.0606. The minimum atomic E-state index is -0.0606. The number of aromatic nitrogens is 1. The van der Waals surface area contributed by atoms with Gasteiger partial charge < -0.3 is 4.57 Å². The zero-order chi connectivity index (χ0) is 32.4. The van der Waals surface area contributed by atoms with E-state index in [4.69, 9.17) is 0 Å². The van der Waals surface area contributed by atoms with Crippen LogP contribution in [0.1, 0.15) is 25.0 Å². The Hall–Kier alpha value is -5.70. The van der Waals surface area contributed by atoms with Crippen molar-refractivity contribution in [2.75, 3.05) is 0 Å². The summed E-state index contributed by atoms with van der Waals surface area (Å²) in [5.41, 5.74) is 11.7. The average molecular weight is 642 g/mol. The van der Waals surface area contributed by atoms with Crippen LogP contribution < -0.4 is 0 Å². The van der Waals surface area contributed by atoms with Crippen LogP contribution in [0.15, 0.2) is 152 Å². The molecule has 2 heterocycles. The number of thiophene rings is 1. The molecule has 1 aliphatic carbocycles. The Morgan fingerprint density at radius 2 is 1.14 bits per heavy atom. The fraction of sp³-hybridized carbons (Fsp3) is 0.0638. The van der Waals surface area contributed by atoms with E-state index >= 15 is 0 Å². The van der Waals surface area contributed by atoms with Crippen LogP contribution in [0, 0.1) is 0 Å². The molecule has 49 heavy (non-hydrogen) atoms. The maximum absolute atomic E-state index is 2.49. The monoisotopic (exact) mass is 641 g/mol. The molecular weight excluding hydrogens is 611 g/mol. The van der Waals surface area contributed by atoms with Crippen molar-refractivity contribution < 1.29 is 0 Å². The Balaban J connectivity index is 1.16. The van der Waals surface area contributed by atoms with Crippen LogP contribution in [0.4, 0.5) is 0 Å². The molecule has 1 nitrogen and oxygen atoms in total. The number of hydrogen-bond acceptors (Lipinski definition) is 1. The highest BCUT2D eigenvalue weighted by Crippen LogP contribution is 2.52. The van der Waals surface area contributed by atoms with Crippen LogP contribution in [0.5, 0.6) is 0 Å². The first kappa shape index (κ1) is 27.3. The highest BCUT2D eigenvalue weighted by atomic mass is 32.1. The molecule has 0 bridgehead atoms. The Morgan fingerprint density at radius 1 is 0.469 bits per heavy atom. The molecule has 0 spiro atoms. The van der Waals surface area contributed by atoms with Crippen LogP contribution >= 0.6 is 11.3 Å². The predicted molar refractivity (Wildman–Crippen MR) is 212 cm³/mol. The van der Waals surface area contributed by atoms with Crippen LogP contribution in [0.25, 0.3) is 91.5 Å². The molecule has 2 heteroatoms. The molecule has 0 aliphatic heterocycles. The van der Waals surface area contributed by atoms with Gasteiger partial charge in [-0.1, -0.05) is 135 Å². The summed E-state index contributed by atoms with van der Waals surface area (Å²) in [6.07, 6.45) is 0. The predicted octanol–water partition coefficient (Wildman–Crippen LogP) is 13.4. The van der Waals surface area contributed by atoms with E-state index in [0.29, 0.717) is 0 Å². The number of hydrogen-bond donors (Lipinski definition) is 0. The van der Waals surface area contributed by atoms with Crippen molar-refractivity contribution in [3.05, 3.63) is 163 Å². The summed E-state index contributed by atoms with van der Waals surface area (Å²) in [6.45, 7) is 4.74. The fourth-order valence-electron chi connectivity index (χ4n) is 9.05. The molecule has 0 amide bonds. The molecule has 0 N–H and O–H groups in total. The third kappa shape index (κ3) is 3.59. The van der Waals surface area contributed by atoms with Gasteiger partial charge in [0.25, 0.3) is 0 Å². The van der Waals surface area contributed by atoms with Crippen LogP contribution in [-0.2, 0) is 5.41 Å². The SMILES string of the molecule is CC1(C)c2ccccc2-c2cccc(-c3ccc(-n4c5ccccc5c5ccc6c(ccc7ccc8sc9ccccc9c8c76)c54)cc3)c21. The lowest BCUT2D eigenvalue weighted by Crippen LogP contribution is -2.16. The lowest BCUT2D eigenvalue weighted by molar-refractivity contribution is 0.662. The van der Waals surface area contributed by atoms with E-state index in [0.717, 1.165) is 0 Å². The summed E-state index contributed by atoms with van der Waals surface area (Å²) in [4.78, 5) is 0. The Morgan fingerprint density at radius 3 is 2.04 bits per heavy atom. The van der Waals surface area contributed by atoms with Crippen molar-refractivity contribution in [2.45, 2.75) is 19.3 Å². The summed E-state index contributed by atoms with van der Waals surface area (Å²) in [5, 5.41) is 10.5. The van der Waals surface area contributed by atoms with Gasteiger partial charge in [0.05, 0.1) is 11.0 Å². The molecule has 11 rings (SSSR count). The molecule has 0 saturated carbocycles. The molecular formula is C47H31NS. The van der Waals surface area contributed by atoms with Crippen molar-refractivity contribution in [3.63, 3.8) is 0 Å². The molecule has 0 atom stereocenters. The topological polar surface area (TPSA) is 4.93 Å². The van der Waals surface area contributed by atoms with E-state index < -0.39 is 0 Å². The molecule has 8 aromatic carbocycles. The normalized spacial score (nSPS) is 13.7. The van der Waals surface area contributed by atoms with Crippen molar-refractivity contribution >= 4 is 74.9 Å². The second-order valence-corrected chi connectivity index (χ2v) is 15.1. The van der Waals surface area contributed by atoms with Crippen molar-refractivity contribution in [3.8, 4) is 27.9 Å². The molecule has 0 unspecified atom stereocenters. The average Bonchev–Trinajstić information content (AvgIpc) is 3.77. The van der Waals surface area contributed by atoms with Gasteiger partial charge in [0.1, 0.15) is 0 Å². The molecule has 230 valence electrons. The van der Waals surface area contributed by atoms with E-state index in [1.165, 1.54) is 103 Å². The third-order valence-corrected chi connectivity index (χ3v) is 12.3. The molecule has 0 saturated heterocycles. The van der Waals surface area contributed by atoms with Crippen molar-refractivity contribution in [1.82, 2.24) is 4.57 Å². The third-order valence-electron chi connectivity index (χ3n) is 11.2. The lowest BCUT2D eigenvalue weighted by Gasteiger charge is -2.24. The Kier molecular flexibility index (Phi) is 5.39. The second-order valence-electron chi connectivity index (χ2n) is 14.1. The minimum Gasteiger partial charge on any atom is -0.309 e. The maximum atomic E-state index is 2.49. The van der Waals surface area contributed by atoms with Gasteiger partial charge in [-0.3, -0.25) is 0 Å². The summed E-state index contributed by atoms with van der Waals surface area (Å²) in [5.74, 6) is 0. The number of fused-ring (bicyclic) bond motifs is 14. The summed E-state index contributed by atoms with van der Waals surface area (Å²) in [7, 11) is 0. The van der Waals surface area contributed by atoms with E-state index in [2.05, 4.69) is 170 Å². The smallest absolute Gasteiger partial charge is 0.0619 e. The lowest BCUT2D eigenvalue weighted by atomic mass is 9.79. The number of para-hydroxylation sites is 1. The molecule has 10 aromatic rings. The van der Waals surface area contributed by atoms with Gasteiger partial charge in [-0.05, 0) is 79.9 Å². The van der Waals surface area contributed by atoms with Crippen molar-refractivity contribution in [1.29, 1.82) is 0 Å². The Labute approximate surface area is 288 Å². The van der Waals surface area contributed by atoms with E-state index in [-0.39, 0.29) is 5.41 Å². The van der Waals surface area contributed by atoms with Crippen LogP contribution in [0.2, 0.25) is 0 Å². The molecule has 0 radical (unpaired) electrons. The van der Waals surface area contributed by atoms with Crippen molar-refractivity contribution in [2.24, 2.45) is 0 Å². The first-order valence-corrected chi connectivity index (χ1v) is 17.9. The van der Waals surface area contributed by atoms with Gasteiger partial charge in [-0.15, -0.1) is 11.3 Å². The van der Waals surface area contributed by atoms with Crippen LogP contribution in [-0.4, -0.2) is 4.57 Å². The standard InChI is InChI=1S/C47H31NS/c1-47(2)39-15-6-3-10-32(39)35-14-9-13-31(45(35)47)28-18-22-30(23-19-28)48-40-16-7-4-11-33(40)36-26-25-34-37(46(36)48)24-20-29-21-27-42-44(43(29)34)38-12-5-8-17-41(38)49-42/h3-27H,1-2H3. The maximum Gasteiger partial charge on any atom is 0.0619 e. The van der Waals surface area contributed by atoms with Gasteiger partial charge in [-0.25, -0.2) is 0 Å². The second kappa shape index (κ2) is 9.69. The highest BCUT2D eigenvalue weighted by molar-refractivity contribution is 7.26. The number of rotatable bonds is 2. The fourth-order valence-corrected chi connectivity index (χ4v) is 10.2. The van der Waals surface area contributed by atoms with Gasteiger partial charge in [0.2, 0.25) is 0 Å². The molecule has 0 fully saturated rings. The van der Waals surface area contributed by atoms with Gasteiger partial charge >= 0.3 is 0 Å². The quantitative estimate of drug-likeness (QED) is 0.166. The van der Waals surface area contributed by atoms with Gasteiger partial charge in [0, 0.05) is 47.4 Å². The van der Waals surface area contributed by atoms with Gasteiger partial charge in [-0.2, -0.15) is 0 Å². The van der Waals surface area contributed by atoms with E-state index in [9.17, 15) is 0 Å². The first-order chi connectivity index (χ1) is 24.1. The first-order valence-electron chi connectivity index (χ1n) is 17.1. The van der Waals surface area contributed by atoms with Crippen LogP contribution in [0.3, 0.4) is 0 Å². The largest absolute Gasteiger partial charge is 0.309 e. The van der Waals surface area contributed by atoms with E-state index in [1.54, 1.807) is 0 Å². The zero-order valence-electron chi connectivity index (χ0n) is 27.3. The summed E-state index contributed by atoms with van der Waals surface area (Å²) < 4.78 is 5.17. The van der Waals surface area contributed by atoms with E-state index in [1.807, 2.05) is 11.3 Å². The van der Waals surface area contributed by atoms with Gasteiger partial charge in [0.15, 0.2) is 0 Å². The number of benzene rings is 8. The number of nitrogens with zero attached hydrogens (tertiary/aromatic N) is 1. The summed E-state index contributed by atoms with van der Waals surface area (Å²) in [6, 6.07) is 56.7.